The highest BCUT2D eigenvalue weighted by Crippen LogP contribution is 2.49. The number of aromatic nitrogens is 3. The summed E-state index contributed by atoms with van der Waals surface area (Å²) in [6, 6.07) is 5.53. The Kier molecular flexibility index (Phi) is 9.03. The maximum Gasteiger partial charge on any atom is 0.306 e. The van der Waals surface area contributed by atoms with Gasteiger partial charge in [-0.25, -0.2) is 27.8 Å². The van der Waals surface area contributed by atoms with E-state index in [1.807, 2.05) is 6.92 Å². The van der Waals surface area contributed by atoms with Gasteiger partial charge in [0.2, 0.25) is 5.82 Å². The number of carbonyl (C=O) groups is 2. The van der Waals surface area contributed by atoms with Crippen molar-refractivity contribution >= 4 is 29.4 Å². The molecule has 47 heavy (non-hydrogen) atoms. The third kappa shape index (κ3) is 6.65. The first kappa shape index (κ1) is 34.1. The maximum atomic E-state index is 15.8. The van der Waals surface area contributed by atoms with E-state index in [9.17, 15) is 18.4 Å². The van der Waals surface area contributed by atoms with Crippen LogP contribution in [-0.2, 0) is 19.9 Å². The molecule has 1 amide bonds. The van der Waals surface area contributed by atoms with Crippen LogP contribution in [0.25, 0.3) is 5.69 Å². The molecule has 0 saturated heterocycles. The van der Waals surface area contributed by atoms with Crippen molar-refractivity contribution in [3.63, 3.8) is 0 Å². The number of nitrogens with zero attached hydrogens (tertiary/aromatic N) is 5. The van der Waals surface area contributed by atoms with Crippen LogP contribution in [0, 0.1) is 22.5 Å². The summed E-state index contributed by atoms with van der Waals surface area (Å²) in [5.74, 6) is -5.36. The van der Waals surface area contributed by atoms with Gasteiger partial charge in [0, 0.05) is 5.56 Å². The molecule has 3 aromatic rings. The summed E-state index contributed by atoms with van der Waals surface area (Å²) in [4.78, 5) is 36.7. The Labute approximate surface area is 273 Å². The van der Waals surface area contributed by atoms with E-state index in [1.54, 1.807) is 20.8 Å². The van der Waals surface area contributed by atoms with Crippen molar-refractivity contribution in [2.45, 2.75) is 71.4 Å². The van der Waals surface area contributed by atoms with Crippen molar-refractivity contribution in [1.29, 1.82) is 0 Å². The molecule has 1 saturated carbocycles. The Hall–Kier alpha value is -4.20. The largest absolute Gasteiger partial charge is 0.494 e. The van der Waals surface area contributed by atoms with E-state index < -0.39 is 59.4 Å². The quantitative estimate of drug-likeness (QED) is 0.184. The number of hydrogen-bond acceptors (Lipinski definition) is 8. The number of esters is 1. The van der Waals surface area contributed by atoms with Crippen LogP contribution in [0.1, 0.15) is 82.8 Å². The second kappa shape index (κ2) is 12.4. The van der Waals surface area contributed by atoms with Crippen molar-refractivity contribution < 1.29 is 36.6 Å². The summed E-state index contributed by atoms with van der Waals surface area (Å²) in [5.41, 5.74) is 3.49. The predicted octanol–water partition coefficient (Wildman–Crippen LogP) is 6.41. The number of amides is 1. The van der Waals surface area contributed by atoms with Crippen LogP contribution >= 0.6 is 11.6 Å². The van der Waals surface area contributed by atoms with Gasteiger partial charge in [0.1, 0.15) is 12.9 Å². The highest BCUT2D eigenvalue weighted by Gasteiger charge is 2.55. The van der Waals surface area contributed by atoms with Gasteiger partial charge >= 0.3 is 5.97 Å². The van der Waals surface area contributed by atoms with Crippen molar-refractivity contribution in [1.82, 2.24) is 19.7 Å². The number of carbonyl (C=O) groups excluding carboxylic acids is 2. The molecule has 2 aromatic carbocycles. The first-order valence-electron chi connectivity index (χ1n) is 14.9. The van der Waals surface area contributed by atoms with Crippen molar-refractivity contribution in [2.75, 3.05) is 13.7 Å². The van der Waals surface area contributed by atoms with Crippen LogP contribution < -0.4 is 10.5 Å². The van der Waals surface area contributed by atoms with Gasteiger partial charge in [0.25, 0.3) is 12.3 Å². The lowest BCUT2D eigenvalue weighted by molar-refractivity contribution is -0.148. The van der Waals surface area contributed by atoms with E-state index in [4.69, 9.17) is 26.8 Å². The zero-order valence-corrected chi connectivity index (χ0v) is 27.2. The molecule has 5 rings (SSSR count). The third-order valence-corrected chi connectivity index (χ3v) is 8.68. The Morgan fingerprint density at radius 2 is 1.85 bits per heavy atom. The second-order valence-electron chi connectivity index (χ2n) is 13.4. The standard InChI is InChI=1S/C32H35ClF4N6O4/c1-30(2,3)15-32(18-7-9-22(46-5)25(35)24(18)34)28(45)42(29(38)41-32)21(14-47-23(44)13-31(4)10-11-31)17-6-8-19(33)20(12-17)43-27(26(36)37)39-16-40-43/h6-9,12,16,21,26H,10-11,13-15H2,1-5H3,(H2,38,41)/t21-,32-/m1/s1. The smallest absolute Gasteiger partial charge is 0.306 e. The average molecular weight is 679 g/mol. The van der Waals surface area contributed by atoms with Crippen LogP contribution in [0.3, 0.4) is 0 Å². The van der Waals surface area contributed by atoms with Crippen LogP contribution in [0.2, 0.25) is 5.02 Å². The van der Waals surface area contributed by atoms with E-state index >= 15 is 8.78 Å². The molecule has 2 atom stereocenters. The van der Waals surface area contributed by atoms with Crippen molar-refractivity contribution in [2.24, 2.45) is 21.6 Å². The second-order valence-corrected chi connectivity index (χ2v) is 13.8. The van der Waals surface area contributed by atoms with E-state index in [2.05, 4.69) is 15.1 Å². The van der Waals surface area contributed by atoms with Crippen molar-refractivity contribution in [3.8, 4) is 11.4 Å². The Balaban J connectivity index is 1.63. The molecule has 2 N–H and O–H groups in total. The first-order chi connectivity index (χ1) is 22.0. The normalized spacial score (nSPS) is 19.6. The number of benzene rings is 2. The van der Waals surface area contributed by atoms with E-state index in [0.29, 0.717) is 0 Å². The van der Waals surface area contributed by atoms with E-state index in [-0.39, 0.29) is 51.8 Å². The molecule has 1 fully saturated rings. The fourth-order valence-corrected chi connectivity index (χ4v) is 6.03. The number of nitrogens with two attached hydrogens (primary N) is 1. The van der Waals surface area contributed by atoms with E-state index in [0.717, 1.165) is 28.8 Å². The number of halogens is 5. The van der Waals surface area contributed by atoms with Gasteiger partial charge in [0.15, 0.2) is 28.9 Å². The Bertz CT molecular complexity index is 1740. The molecular formula is C32H35ClF4N6O4. The van der Waals surface area contributed by atoms with Gasteiger partial charge in [-0.15, -0.1) is 0 Å². The van der Waals surface area contributed by atoms with Crippen LogP contribution in [0.4, 0.5) is 17.6 Å². The molecule has 0 radical (unpaired) electrons. The number of ether oxygens (including phenoxy) is 2. The zero-order valence-electron chi connectivity index (χ0n) is 26.5. The monoisotopic (exact) mass is 678 g/mol. The number of guanidine groups is 1. The molecule has 1 aromatic heterocycles. The molecule has 0 unspecified atom stereocenters. The van der Waals surface area contributed by atoms with Gasteiger partial charge in [0.05, 0.1) is 30.3 Å². The molecule has 15 heteroatoms. The van der Waals surface area contributed by atoms with Gasteiger partial charge in [-0.2, -0.15) is 9.49 Å². The lowest BCUT2D eigenvalue weighted by Crippen LogP contribution is -2.47. The number of rotatable bonds is 11. The first-order valence-corrected chi connectivity index (χ1v) is 15.2. The fourth-order valence-electron chi connectivity index (χ4n) is 5.83. The maximum absolute atomic E-state index is 15.8. The summed E-state index contributed by atoms with van der Waals surface area (Å²) in [7, 11) is 1.18. The number of aliphatic imine (C=N–C) groups is 1. The molecule has 1 aliphatic heterocycles. The minimum atomic E-state index is -2.99. The molecule has 1 aliphatic carbocycles. The minimum Gasteiger partial charge on any atom is -0.494 e. The summed E-state index contributed by atoms with van der Waals surface area (Å²) in [5, 5.41) is 3.93. The fraction of sp³-hybridized carbons (Fsp3) is 0.469. The summed E-state index contributed by atoms with van der Waals surface area (Å²) in [6.45, 7) is 6.93. The summed E-state index contributed by atoms with van der Waals surface area (Å²) in [6.07, 6.45) is -0.269. The Morgan fingerprint density at radius 1 is 1.15 bits per heavy atom. The molecule has 252 valence electrons. The zero-order chi connectivity index (χ0) is 34.5. The lowest BCUT2D eigenvalue weighted by Gasteiger charge is -2.35. The minimum absolute atomic E-state index is 0.00478. The predicted molar refractivity (Wildman–Crippen MR) is 164 cm³/mol. The molecular weight excluding hydrogens is 644 g/mol. The van der Waals surface area contributed by atoms with Gasteiger partial charge in [-0.1, -0.05) is 45.4 Å². The van der Waals surface area contributed by atoms with Crippen LogP contribution in [-0.4, -0.2) is 51.2 Å². The number of hydrogen-bond donors (Lipinski definition) is 1. The van der Waals surface area contributed by atoms with Crippen LogP contribution in [0.15, 0.2) is 41.7 Å². The molecule has 2 aliphatic rings. The Morgan fingerprint density at radius 3 is 2.47 bits per heavy atom. The van der Waals surface area contributed by atoms with Crippen molar-refractivity contribution in [3.05, 3.63) is 70.3 Å². The molecule has 0 spiro atoms. The van der Waals surface area contributed by atoms with Gasteiger partial charge < -0.3 is 15.2 Å². The highest BCUT2D eigenvalue weighted by molar-refractivity contribution is 6.32. The third-order valence-electron chi connectivity index (χ3n) is 8.36. The van der Waals surface area contributed by atoms with Gasteiger partial charge in [-0.05, 0) is 59.9 Å². The van der Waals surface area contributed by atoms with Crippen LogP contribution in [0.5, 0.6) is 5.75 Å². The SMILES string of the molecule is COc1ccc([C@@]2(CC(C)(C)C)N=C(N)N([C@H](COC(=O)CC3(C)CC3)c3ccc(Cl)c(-n4ncnc4C(F)F)c3)C2=O)c(F)c1F. The van der Waals surface area contributed by atoms with E-state index in [1.165, 1.54) is 37.4 Å². The molecule has 10 nitrogen and oxygen atoms in total. The molecule has 0 bridgehead atoms. The highest BCUT2D eigenvalue weighted by atomic mass is 35.5. The number of methoxy groups -OCH3 is 1. The summed E-state index contributed by atoms with van der Waals surface area (Å²) >= 11 is 6.41. The number of alkyl halides is 2. The summed E-state index contributed by atoms with van der Waals surface area (Å²) < 4.78 is 69.8. The average Bonchev–Trinajstić information content (AvgIpc) is 3.40. The lowest BCUT2D eigenvalue weighted by atomic mass is 9.75. The molecule has 2 heterocycles. The topological polar surface area (TPSA) is 125 Å². The van der Waals surface area contributed by atoms with Gasteiger partial charge in [-0.3, -0.25) is 14.5 Å².